The molecule has 3 nitrogen and oxygen atoms in total. The zero-order valence-electron chi connectivity index (χ0n) is 10.5. The second kappa shape index (κ2) is 4.51. The summed E-state index contributed by atoms with van der Waals surface area (Å²) in [6.07, 6.45) is 1.66. The number of furan rings is 1. The first-order valence-electron chi connectivity index (χ1n) is 5.99. The molecule has 0 amide bonds. The third kappa shape index (κ3) is 2.21. The molecule has 0 saturated heterocycles. The molecule has 0 aliphatic heterocycles. The van der Waals surface area contributed by atoms with Crippen molar-refractivity contribution in [2.24, 2.45) is 0 Å². The Kier molecular flexibility index (Phi) is 3.22. The van der Waals surface area contributed by atoms with Gasteiger partial charge in [0.1, 0.15) is 11.2 Å². The lowest BCUT2D eigenvalue weighted by atomic mass is 9.88. The first-order valence-corrected chi connectivity index (χ1v) is 5.99. The summed E-state index contributed by atoms with van der Waals surface area (Å²) in [4.78, 5) is 0. The summed E-state index contributed by atoms with van der Waals surface area (Å²) in [5.74, 6) is 0. The molecule has 1 aromatic heterocycles. The van der Waals surface area contributed by atoms with Crippen LogP contribution in [-0.2, 0) is 5.60 Å². The number of hydrogen-bond acceptors (Lipinski definition) is 3. The van der Waals surface area contributed by atoms with Gasteiger partial charge in [-0.25, -0.2) is 0 Å². The Hall–Kier alpha value is -1.32. The molecule has 1 aromatic carbocycles. The summed E-state index contributed by atoms with van der Waals surface area (Å²) in [5, 5.41) is 14.9. The van der Waals surface area contributed by atoms with Crippen LogP contribution < -0.4 is 5.32 Å². The van der Waals surface area contributed by atoms with Crippen LogP contribution in [0.15, 0.2) is 34.9 Å². The molecular formula is C14H19NO2. The van der Waals surface area contributed by atoms with Gasteiger partial charge in [0, 0.05) is 11.4 Å². The van der Waals surface area contributed by atoms with Gasteiger partial charge in [0.25, 0.3) is 0 Å². The molecule has 2 N–H and O–H groups in total. The highest BCUT2D eigenvalue weighted by molar-refractivity contribution is 5.78. The minimum atomic E-state index is -0.887. The molecule has 0 aliphatic rings. The van der Waals surface area contributed by atoms with Gasteiger partial charge >= 0.3 is 0 Å². The van der Waals surface area contributed by atoms with Crippen molar-refractivity contribution < 1.29 is 9.52 Å². The standard InChI is InChI=1S/C14H19NO2/c1-4-15-10(2)14(3,16)12-5-6-13-11(9-12)7-8-17-13/h5-10,15-16H,4H2,1-3H3. The first kappa shape index (κ1) is 12.1. The minimum Gasteiger partial charge on any atom is -0.464 e. The fourth-order valence-electron chi connectivity index (χ4n) is 2.04. The minimum absolute atomic E-state index is 0.00292. The van der Waals surface area contributed by atoms with Gasteiger partial charge in [-0.3, -0.25) is 0 Å². The van der Waals surface area contributed by atoms with Crippen LogP contribution in [0.4, 0.5) is 0 Å². The summed E-state index contributed by atoms with van der Waals surface area (Å²) < 4.78 is 5.30. The third-order valence-corrected chi connectivity index (χ3v) is 3.39. The quantitative estimate of drug-likeness (QED) is 0.853. The second-order valence-electron chi connectivity index (χ2n) is 4.60. The molecule has 0 aliphatic carbocycles. The predicted molar refractivity (Wildman–Crippen MR) is 68.9 cm³/mol. The highest BCUT2D eigenvalue weighted by Gasteiger charge is 2.30. The Morgan fingerprint density at radius 1 is 1.41 bits per heavy atom. The number of aliphatic hydroxyl groups is 1. The van der Waals surface area contributed by atoms with E-state index in [9.17, 15) is 5.11 Å². The topological polar surface area (TPSA) is 45.4 Å². The van der Waals surface area contributed by atoms with E-state index < -0.39 is 5.60 Å². The Bertz CT molecular complexity index is 502. The lowest BCUT2D eigenvalue weighted by Gasteiger charge is -2.31. The van der Waals surface area contributed by atoms with Crippen molar-refractivity contribution in [3.8, 4) is 0 Å². The second-order valence-corrected chi connectivity index (χ2v) is 4.60. The average Bonchev–Trinajstić information content (AvgIpc) is 2.76. The molecular weight excluding hydrogens is 214 g/mol. The molecule has 17 heavy (non-hydrogen) atoms. The SMILES string of the molecule is CCNC(C)C(C)(O)c1ccc2occc2c1. The van der Waals surface area contributed by atoms with E-state index in [0.717, 1.165) is 23.1 Å². The van der Waals surface area contributed by atoms with Gasteiger partial charge in [0.15, 0.2) is 0 Å². The Balaban J connectivity index is 2.36. The molecule has 0 bridgehead atoms. The van der Waals surface area contributed by atoms with Crippen molar-refractivity contribution in [3.05, 3.63) is 36.1 Å². The van der Waals surface area contributed by atoms with Crippen molar-refractivity contribution in [2.45, 2.75) is 32.4 Å². The van der Waals surface area contributed by atoms with Crippen LogP contribution in [0.5, 0.6) is 0 Å². The number of hydrogen-bond donors (Lipinski definition) is 2. The van der Waals surface area contributed by atoms with Crippen LogP contribution in [0.3, 0.4) is 0 Å². The molecule has 92 valence electrons. The Labute approximate surface area is 101 Å². The van der Waals surface area contributed by atoms with E-state index >= 15 is 0 Å². The number of benzene rings is 1. The maximum Gasteiger partial charge on any atom is 0.133 e. The largest absolute Gasteiger partial charge is 0.464 e. The lowest BCUT2D eigenvalue weighted by Crippen LogP contribution is -2.44. The highest BCUT2D eigenvalue weighted by Crippen LogP contribution is 2.28. The van der Waals surface area contributed by atoms with Crippen LogP contribution in [0, 0.1) is 0 Å². The molecule has 0 fully saturated rings. The van der Waals surface area contributed by atoms with Gasteiger partial charge in [-0.1, -0.05) is 13.0 Å². The van der Waals surface area contributed by atoms with E-state index in [1.54, 1.807) is 6.26 Å². The zero-order valence-corrected chi connectivity index (χ0v) is 10.5. The molecule has 0 spiro atoms. The summed E-state index contributed by atoms with van der Waals surface area (Å²) in [6.45, 7) is 6.70. The molecule has 2 aromatic rings. The number of rotatable bonds is 4. The van der Waals surface area contributed by atoms with Crippen LogP contribution in [0.25, 0.3) is 11.0 Å². The summed E-state index contributed by atoms with van der Waals surface area (Å²) in [7, 11) is 0. The third-order valence-electron chi connectivity index (χ3n) is 3.39. The van der Waals surface area contributed by atoms with Crippen LogP contribution in [0.1, 0.15) is 26.3 Å². The Morgan fingerprint density at radius 3 is 2.88 bits per heavy atom. The van der Waals surface area contributed by atoms with Gasteiger partial charge in [0.05, 0.1) is 6.26 Å². The van der Waals surface area contributed by atoms with Crippen molar-refractivity contribution in [2.75, 3.05) is 6.54 Å². The van der Waals surface area contributed by atoms with Crippen molar-refractivity contribution in [3.63, 3.8) is 0 Å². The van der Waals surface area contributed by atoms with E-state index in [0.29, 0.717) is 0 Å². The average molecular weight is 233 g/mol. The fraction of sp³-hybridized carbons (Fsp3) is 0.429. The molecule has 0 saturated carbocycles. The van der Waals surface area contributed by atoms with E-state index in [1.807, 2.05) is 45.0 Å². The van der Waals surface area contributed by atoms with Crippen LogP contribution in [-0.4, -0.2) is 17.7 Å². The van der Waals surface area contributed by atoms with Gasteiger partial charge in [-0.05, 0) is 44.2 Å². The smallest absolute Gasteiger partial charge is 0.133 e. The van der Waals surface area contributed by atoms with Gasteiger partial charge in [0.2, 0.25) is 0 Å². The van der Waals surface area contributed by atoms with E-state index in [4.69, 9.17) is 4.42 Å². The molecule has 2 unspecified atom stereocenters. The highest BCUT2D eigenvalue weighted by atomic mass is 16.3. The first-order chi connectivity index (χ1) is 8.05. The Morgan fingerprint density at radius 2 is 2.18 bits per heavy atom. The van der Waals surface area contributed by atoms with Crippen molar-refractivity contribution >= 4 is 11.0 Å². The molecule has 2 atom stereocenters. The number of likely N-dealkylation sites (N-methyl/N-ethyl adjacent to an activating group) is 1. The van der Waals surface area contributed by atoms with Crippen LogP contribution >= 0.6 is 0 Å². The van der Waals surface area contributed by atoms with Crippen LogP contribution in [0.2, 0.25) is 0 Å². The molecule has 1 heterocycles. The zero-order chi connectivity index (χ0) is 12.5. The maximum absolute atomic E-state index is 10.6. The summed E-state index contributed by atoms with van der Waals surface area (Å²) in [5.41, 5.74) is 0.863. The van der Waals surface area contributed by atoms with Gasteiger partial charge in [-0.15, -0.1) is 0 Å². The summed E-state index contributed by atoms with van der Waals surface area (Å²) >= 11 is 0. The molecule has 2 rings (SSSR count). The maximum atomic E-state index is 10.6. The molecule has 3 heteroatoms. The summed E-state index contributed by atoms with van der Waals surface area (Å²) in [6, 6.07) is 7.70. The fourth-order valence-corrected chi connectivity index (χ4v) is 2.04. The number of fused-ring (bicyclic) bond motifs is 1. The number of nitrogens with one attached hydrogen (secondary N) is 1. The normalized spacial score (nSPS) is 16.9. The lowest BCUT2D eigenvalue weighted by molar-refractivity contribution is 0.0222. The monoisotopic (exact) mass is 233 g/mol. The molecule has 0 radical (unpaired) electrons. The van der Waals surface area contributed by atoms with E-state index in [2.05, 4.69) is 5.32 Å². The van der Waals surface area contributed by atoms with E-state index in [1.165, 1.54) is 0 Å². The van der Waals surface area contributed by atoms with Crippen molar-refractivity contribution in [1.29, 1.82) is 0 Å². The van der Waals surface area contributed by atoms with Gasteiger partial charge < -0.3 is 14.8 Å². The van der Waals surface area contributed by atoms with Gasteiger partial charge in [-0.2, -0.15) is 0 Å². The van der Waals surface area contributed by atoms with Crippen molar-refractivity contribution in [1.82, 2.24) is 5.32 Å². The predicted octanol–water partition coefficient (Wildman–Crippen LogP) is 2.64. The van der Waals surface area contributed by atoms with E-state index in [-0.39, 0.29) is 6.04 Å².